The van der Waals surface area contributed by atoms with E-state index >= 15 is 0 Å². The second-order valence-electron chi connectivity index (χ2n) is 0.204. The van der Waals surface area contributed by atoms with E-state index in [1.165, 1.54) is 0 Å². The minimum atomic E-state index is 0. The second kappa shape index (κ2) is 8.82. The fourth-order valence-electron chi connectivity index (χ4n) is 0. The summed E-state index contributed by atoms with van der Waals surface area (Å²) >= 11 is 0. The van der Waals surface area contributed by atoms with Crippen LogP contribution in [0.2, 0.25) is 0 Å². The van der Waals surface area contributed by atoms with E-state index in [2.05, 4.69) is 15.6 Å². The summed E-state index contributed by atoms with van der Waals surface area (Å²) in [4.78, 5) is 0. The van der Waals surface area contributed by atoms with Gasteiger partial charge in [0, 0.05) is 21.1 Å². The maximum atomic E-state index is 3.48. The molecule has 0 N–H and O–H groups in total. The van der Waals surface area contributed by atoms with Crippen molar-refractivity contribution in [2.45, 2.75) is 0 Å². The van der Waals surface area contributed by atoms with Gasteiger partial charge in [-0.25, -0.2) is 0 Å². The molecule has 0 radical (unpaired) electrons. The van der Waals surface area contributed by atoms with E-state index in [4.69, 9.17) is 0 Å². The second-order valence-corrected chi connectivity index (χ2v) is 1.84. The SMILES string of the molecule is [CH2-]PP.[Pt]. The summed E-state index contributed by atoms with van der Waals surface area (Å²) in [6, 6.07) is 0. The average Bonchev–Trinajstić information content (AvgIpc) is 0.918. The Labute approximate surface area is 45.3 Å². The van der Waals surface area contributed by atoms with Crippen LogP contribution in [-0.2, 0) is 21.1 Å². The molecule has 2 atom stereocenters. The van der Waals surface area contributed by atoms with E-state index < -0.39 is 0 Å². The molecule has 0 aliphatic rings. The Morgan fingerprint density at radius 2 is 1.75 bits per heavy atom. The fraction of sp³-hybridized carbons (Fsp3) is 0. The van der Waals surface area contributed by atoms with Crippen LogP contribution >= 0.6 is 17.2 Å². The Balaban J connectivity index is 0. The zero-order chi connectivity index (χ0) is 2.71. The molecule has 0 heterocycles. The van der Waals surface area contributed by atoms with Crippen molar-refractivity contribution < 1.29 is 21.1 Å². The van der Waals surface area contributed by atoms with E-state index in [0.717, 1.165) is 8.27 Å². The minimum Gasteiger partial charge on any atom is -0.316 e. The van der Waals surface area contributed by atoms with Crippen molar-refractivity contribution in [2.24, 2.45) is 0 Å². The number of rotatable bonds is 0. The molecule has 2 unspecified atom stereocenters. The molecular weight excluding hydrogens is 269 g/mol. The van der Waals surface area contributed by atoms with Gasteiger partial charge in [-0.3, -0.25) is 8.27 Å². The van der Waals surface area contributed by atoms with Gasteiger partial charge in [0.1, 0.15) is 0 Å². The van der Waals surface area contributed by atoms with E-state index in [9.17, 15) is 0 Å². The van der Waals surface area contributed by atoms with Crippen LogP contribution in [0.5, 0.6) is 0 Å². The van der Waals surface area contributed by atoms with Crippen LogP contribution in [0.1, 0.15) is 0 Å². The van der Waals surface area contributed by atoms with Crippen LogP contribution in [0.4, 0.5) is 0 Å². The van der Waals surface area contributed by atoms with E-state index in [-0.39, 0.29) is 21.1 Å². The Kier molecular flexibility index (Phi) is 20.1. The van der Waals surface area contributed by atoms with Crippen molar-refractivity contribution in [1.82, 2.24) is 0 Å². The number of hydrogen-bond donors (Lipinski definition) is 0. The molecule has 30 valence electrons. The molecular formula is CH5P2Pt-. The van der Waals surface area contributed by atoms with Gasteiger partial charge in [0.2, 0.25) is 0 Å². The largest absolute Gasteiger partial charge is 0.316 e. The van der Waals surface area contributed by atoms with Gasteiger partial charge in [-0.1, -0.05) is 0 Å². The summed E-state index contributed by atoms with van der Waals surface area (Å²) < 4.78 is 0. The molecule has 0 aliphatic heterocycles. The van der Waals surface area contributed by atoms with Crippen molar-refractivity contribution in [1.29, 1.82) is 0 Å². The Hall–Kier alpha value is 1.55. The van der Waals surface area contributed by atoms with Crippen LogP contribution in [0.3, 0.4) is 0 Å². The van der Waals surface area contributed by atoms with Crippen molar-refractivity contribution in [3.8, 4) is 0 Å². The van der Waals surface area contributed by atoms with E-state index in [1.54, 1.807) is 0 Å². The number of hydrogen-bond acceptors (Lipinski definition) is 0. The first-order valence-electron chi connectivity index (χ1n) is 0.642. The van der Waals surface area contributed by atoms with Crippen LogP contribution in [0.25, 0.3) is 0 Å². The van der Waals surface area contributed by atoms with Crippen molar-refractivity contribution >= 4 is 17.2 Å². The van der Waals surface area contributed by atoms with Gasteiger partial charge >= 0.3 is 0 Å². The first kappa shape index (κ1) is 9.12. The fourth-order valence-corrected chi connectivity index (χ4v) is 0. The minimum absolute atomic E-state index is 0. The molecule has 3 heteroatoms. The molecule has 0 saturated carbocycles. The summed E-state index contributed by atoms with van der Waals surface area (Å²) in [7, 11) is 3.25. The average molecular weight is 274 g/mol. The van der Waals surface area contributed by atoms with Gasteiger partial charge in [-0.2, -0.15) is 0 Å². The van der Waals surface area contributed by atoms with Crippen LogP contribution in [0.15, 0.2) is 0 Å². The molecule has 4 heavy (non-hydrogen) atoms. The predicted molar refractivity (Wildman–Crippen MR) is 23.4 cm³/mol. The Bertz CT molecular complexity index is 6.00. The monoisotopic (exact) mass is 274 g/mol. The van der Waals surface area contributed by atoms with Gasteiger partial charge in [0.15, 0.2) is 0 Å². The van der Waals surface area contributed by atoms with Gasteiger partial charge in [-0.05, 0) is 0 Å². The quantitative estimate of drug-likeness (QED) is 0.460. The smallest absolute Gasteiger partial charge is 0 e. The van der Waals surface area contributed by atoms with Crippen molar-refractivity contribution in [3.63, 3.8) is 0 Å². The molecule has 0 rings (SSSR count). The normalized spacial score (nSPS) is 7.50. The molecule has 0 aliphatic carbocycles. The third kappa shape index (κ3) is 9.61. The molecule has 0 aromatic carbocycles. The van der Waals surface area contributed by atoms with Gasteiger partial charge < -0.3 is 6.66 Å². The maximum Gasteiger partial charge on any atom is 0 e. The van der Waals surface area contributed by atoms with Gasteiger partial charge in [0.25, 0.3) is 0 Å². The summed E-state index contributed by atoms with van der Waals surface area (Å²) in [5.74, 6) is 0. The molecule has 0 bridgehead atoms. The summed E-state index contributed by atoms with van der Waals surface area (Å²) in [6.07, 6.45) is 0. The van der Waals surface area contributed by atoms with E-state index in [1.807, 2.05) is 0 Å². The molecule has 0 fully saturated rings. The topological polar surface area (TPSA) is 0 Å². The third-order valence-corrected chi connectivity index (χ3v) is 0. The zero-order valence-electron chi connectivity index (χ0n) is 2.10. The summed E-state index contributed by atoms with van der Waals surface area (Å²) in [5, 5.41) is 0. The standard InChI is InChI=1S/CH5P2.Pt/c1-3-2;/h3H,1-2H2;/q-1;. The zero-order valence-corrected chi connectivity index (χ0v) is 6.53. The molecule has 0 amide bonds. The maximum absolute atomic E-state index is 3.48. The third-order valence-electron chi connectivity index (χ3n) is 0. The molecule has 0 aromatic rings. The first-order valence-corrected chi connectivity index (χ1v) is 3.66. The van der Waals surface area contributed by atoms with Crippen molar-refractivity contribution in [2.75, 3.05) is 0 Å². The summed E-state index contributed by atoms with van der Waals surface area (Å²) in [6.45, 7) is 3.48. The van der Waals surface area contributed by atoms with Crippen LogP contribution in [0, 0.1) is 6.66 Å². The van der Waals surface area contributed by atoms with Gasteiger partial charge in [-0.15, -0.1) is 8.93 Å². The summed E-state index contributed by atoms with van der Waals surface area (Å²) in [5.41, 5.74) is 0. The Morgan fingerprint density at radius 1 is 1.75 bits per heavy atom. The van der Waals surface area contributed by atoms with Crippen LogP contribution in [-0.4, -0.2) is 0 Å². The molecule has 0 spiro atoms. The molecule has 0 nitrogen and oxygen atoms in total. The predicted octanol–water partition coefficient (Wildman–Crippen LogP) is 1.24. The van der Waals surface area contributed by atoms with Crippen molar-refractivity contribution in [3.05, 3.63) is 6.66 Å². The molecule has 0 saturated heterocycles. The Morgan fingerprint density at radius 3 is 1.75 bits per heavy atom. The first-order chi connectivity index (χ1) is 1.41. The molecule has 0 aromatic heterocycles. The van der Waals surface area contributed by atoms with Crippen LogP contribution < -0.4 is 0 Å². The van der Waals surface area contributed by atoms with E-state index in [0.29, 0.717) is 0 Å². The van der Waals surface area contributed by atoms with Gasteiger partial charge in [0.05, 0.1) is 0 Å².